The molecule has 0 aliphatic carbocycles. The summed E-state index contributed by atoms with van der Waals surface area (Å²) in [6, 6.07) is 8.80. The summed E-state index contributed by atoms with van der Waals surface area (Å²) in [4.78, 5) is 0.923. The number of sulfonamides is 1. The molecule has 1 heterocycles. The van der Waals surface area contributed by atoms with Crippen molar-refractivity contribution in [2.24, 2.45) is 5.73 Å². The first-order valence-corrected chi connectivity index (χ1v) is 7.75. The summed E-state index contributed by atoms with van der Waals surface area (Å²) >= 11 is 1.35. The highest BCUT2D eigenvalue weighted by Gasteiger charge is 2.19. The van der Waals surface area contributed by atoms with Crippen LogP contribution in [0.1, 0.15) is 10.4 Å². The maximum atomic E-state index is 12.2. The molecular weight excluding hydrogens is 268 g/mol. The Bertz CT molecular complexity index is 648. The SMILES string of the molecule is Cc1cccc(NS(=O)(=O)c2ccsc2CN)c1. The molecule has 6 heteroatoms. The summed E-state index contributed by atoms with van der Waals surface area (Å²) in [5.74, 6) is 0. The maximum Gasteiger partial charge on any atom is 0.263 e. The molecule has 0 aliphatic rings. The van der Waals surface area contributed by atoms with E-state index in [1.165, 1.54) is 11.3 Å². The second-order valence-electron chi connectivity index (χ2n) is 3.89. The number of benzene rings is 1. The molecule has 0 bridgehead atoms. The van der Waals surface area contributed by atoms with Crippen LogP contribution in [0.3, 0.4) is 0 Å². The second kappa shape index (κ2) is 5.09. The average molecular weight is 282 g/mol. The number of nitrogens with two attached hydrogens (primary N) is 1. The number of thiophene rings is 1. The lowest BCUT2D eigenvalue weighted by Crippen LogP contribution is -2.14. The Labute approximate surface area is 111 Å². The van der Waals surface area contributed by atoms with Gasteiger partial charge in [0.05, 0.1) is 0 Å². The van der Waals surface area contributed by atoms with Gasteiger partial charge in [0.15, 0.2) is 0 Å². The monoisotopic (exact) mass is 282 g/mol. The highest BCUT2D eigenvalue weighted by Crippen LogP contribution is 2.24. The van der Waals surface area contributed by atoms with Crippen molar-refractivity contribution in [1.29, 1.82) is 0 Å². The molecule has 0 aliphatic heterocycles. The van der Waals surface area contributed by atoms with Crippen molar-refractivity contribution in [3.8, 4) is 0 Å². The van der Waals surface area contributed by atoms with Gasteiger partial charge in [-0.3, -0.25) is 4.72 Å². The Balaban J connectivity index is 2.33. The normalized spacial score (nSPS) is 11.4. The zero-order chi connectivity index (χ0) is 13.2. The van der Waals surface area contributed by atoms with Crippen LogP contribution in [-0.4, -0.2) is 8.42 Å². The van der Waals surface area contributed by atoms with E-state index in [0.717, 1.165) is 5.56 Å². The Morgan fingerprint density at radius 1 is 1.33 bits per heavy atom. The summed E-state index contributed by atoms with van der Waals surface area (Å²) in [7, 11) is -3.55. The molecule has 18 heavy (non-hydrogen) atoms. The van der Waals surface area contributed by atoms with Gasteiger partial charge in [-0.05, 0) is 36.1 Å². The molecule has 0 saturated heterocycles. The van der Waals surface area contributed by atoms with Crippen molar-refractivity contribution in [2.45, 2.75) is 18.4 Å². The number of nitrogens with one attached hydrogen (secondary N) is 1. The molecule has 0 unspecified atom stereocenters. The van der Waals surface area contributed by atoms with Gasteiger partial charge in [0.2, 0.25) is 0 Å². The Kier molecular flexibility index (Phi) is 3.70. The topological polar surface area (TPSA) is 72.2 Å². The number of anilines is 1. The average Bonchev–Trinajstić information content (AvgIpc) is 2.77. The van der Waals surface area contributed by atoms with Crippen molar-refractivity contribution < 1.29 is 8.42 Å². The third-order valence-electron chi connectivity index (χ3n) is 2.45. The maximum absolute atomic E-state index is 12.2. The lowest BCUT2D eigenvalue weighted by Gasteiger charge is -2.08. The van der Waals surface area contributed by atoms with E-state index in [-0.39, 0.29) is 11.4 Å². The van der Waals surface area contributed by atoms with Crippen LogP contribution in [0.25, 0.3) is 0 Å². The zero-order valence-electron chi connectivity index (χ0n) is 9.88. The fourth-order valence-corrected chi connectivity index (χ4v) is 4.02. The lowest BCUT2D eigenvalue weighted by atomic mass is 10.2. The van der Waals surface area contributed by atoms with Crippen LogP contribution < -0.4 is 10.5 Å². The van der Waals surface area contributed by atoms with E-state index < -0.39 is 10.0 Å². The lowest BCUT2D eigenvalue weighted by molar-refractivity contribution is 0.600. The molecule has 2 aromatic rings. The van der Waals surface area contributed by atoms with Gasteiger partial charge in [0.25, 0.3) is 10.0 Å². The summed E-state index contributed by atoms with van der Waals surface area (Å²) in [5.41, 5.74) is 7.09. The minimum atomic E-state index is -3.55. The molecule has 0 saturated carbocycles. The van der Waals surface area contributed by atoms with Gasteiger partial charge >= 0.3 is 0 Å². The summed E-state index contributed by atoms with van der Waals surface area (Å²) in [6.45, 7) is 2.13. The third-order valence-corrected chi connectivity index (χ3v) is 4.99. The molecule has 1 aromatic carbocycles. The summed E-state index contributed by atoms with van der Waals surface area (Å²) in [5, 5.41) is 1.73. The van der Waals surface area contributed by atoms with E-state index in [4.69, 9.17) is 5.73 Å². The van der Waals surface area contributed by atoms with Crippen LogP contribution in [0.4, 0.5) is 5.69 Å². The van der Waals surface area contributed by atoms with Gasteiger partial charge in [-0.2, -0.15) is 0 Å². The van der Waals surface area contributed by atoms with E-state index in [2.05, 4.69) is 4.72 Å². The van der Waals surface area contributed by atoms with Gasteiger partial charge in [-0.1, -0.05) is 12.1 Å². The van der Waals surface area contributed by atoms with Crippen molar-refractivity contribution >= 4 is 27.0 Å². The Morgan fingerprint density at radius 2 is 2.11 bits per heavy atom. The van der Waals surface area contributed by atoms with E-state index in [0.29, 0.717) is 10.6 Å². The largest absolute Gasteiger partial charge is 0.326 e. The second-order valence-corrected chi connectivity index (χ2v) is 6.54. The Morgan fingerprint density at radius 3 is 2.78 bits per heavy atom. The minimum absolute atomic E-state index is 0.224. The highest BCUT2D eigenvalue weighted by atomic mass is 32.2. The van der Waals surface area contributed by atoms with Gasteiger partial charge in [-0.15, -0.1) is 11.3 Å². The van der Waals surface area contributed by atoms with Crippen LogP contribution in [-0.2, 0) is 16.6 Å². The molecule has 0 fully saturated rings. The molecule has 2 rings (SSSR count). The number of hydrogen-bond acceptors (Lipinski definition) is 4. The first-order valence-electron chi connectivity index (χ1n) is 5.39. The summed E-state index contributed by atoms with van der Waals surface area (Å²) < 4.78 is 26.9. The smallest absolute Gasteiger partial charge is 0.263 e. The molecule has 1 aromatic heterocycles. The zero-order valence-corrected chi connectivity index (χ0v) is 11.5. The van der Waals surface area contributed by atoms with Gasteiger partial charge in [0.1, 0.15) is 4.90 Å². The van der Waals surface area contributed by atoms with Crippen molar-refractivity contribution in [3.63, 3.8) is 0 Å². The molecule has 4 nitrogen and oxygen atoms in total. The molecule has 0 spiro atoms. The number of rotatable bonds is 4. The standard InChI is InChI=1S/C12H14N2O2S2/c1-9-3-2-4-10(7-9)14-18(15,16)12-5-6-17-11(12)8-13/h2-7,14H,8,13H2,1H3. The quantitative estimate of drug-likeness (QED) is 0.904. The van der Waals surface area contributed by atoms with Crippen LogP contribution in [0, 0.1) is 6.92 Å². The van der Waals surface area contributed by atoms with Crippen LogP contribution >= 0.6 is 11.3 Å². The Hall–Kier alpha value is -1.37. The van der Waals surface area contributed by atoms with Crippen LogP contribution in [0.2, 0.25) is 0 Å². The molecule has 0 atom stereocenters. The van der Waals surface area contributed by atoms with E-state index in [1.54, 1.807) is 23.6 Å². The van der Waals surface area contributed by atoms with Crippen molar-refractivity contribution in [3.05, 3.63) is 46.2 Å². The minimum Gasteiger partial charge on any atom is -0.326 e. The predicted octanol–water partition coefficient (Wildman–Crippen LogP) is 2.32. The molecule has 0 radical (unpaired) electrons. The van der Waals surface area contributed by atoms with Gasteiger partial charge in [-0.25, -0.2) is 8.42 Å². The summed E-state index contributed by atoms with van der Waals surface area (Å²) in [6.07, 6.45) is 0. The number of hydrogen-bond donors (Lipinski definition) is 2. The first kappa shape index (κ1) is 13.1. The third kappa shape index (κ3) is 2.72. The van der Waals surface area contributed by atoms with Crippen molar-refractivity contribution in [1.82, 2.24) is 0 Å². The van der Waals surface area contributed by atoms with Gasteiger partial charge < -0.3 is 5.73 Å². The highest BCUT2D eigenvalue weighted by molar-refractivity contribution is 7.93. The van der Waals surface area contributed by atoms with E-state index in [9.17, 15) is 8.42 Å². The number of aryl methyl sites for hydroxylation is 1. The van der Waals surface area contributed by atoms with Crippen molar-refractivity contribution in [2.75, 3.05) is 4.72 Å². The first-order chi connectivity index (χ1) is 8.53. The molecule has 3 N–H and O–H groups in total. The molecule has 96 valence electrons. The molecular formula is C12H14N2O2S2. The van der Waals surface area contributed by atoms with Crippen LogP contribution in [0.15, 0.2) is 40.6 Å². The fraction of sp³-hybridized carbons (Fsp3) is 0.167. The predicted molar refractivity (Wildman–Crippen MR) is 74.2 cm³/mol. The van der Waals surface area contributed by atoms with E-state index in [1.807, 2.05) is 19.1 Å². The van der Waals surface area contributed by atoms with E-state index >= 15 is 0 Å². The van der Waals surface area contributed by atoms with Crippen LogP contribution in [0.5, 0.6) is 0 Å². The molecule has 0 amide bonds. The van der Waals surface area contributed by atoms with Gasteiger partial charge in [0, 0.05) is 17.1 Å². The fourth-order valence-electron chi connectivity index (χ4n) is 1.64.